The Balaban J connectivity index is 1.70. The second-order valence-electron chi connectivity index (χ2n) is 7.03. The molecular formula is C19H28FN. The summed E-state index contributed by atoms with van der Waals surface area (Å²) in [4.78, 5) is 0. The number of aryl methyl sites for hydroxylation is 1. The molecule has 3 atom stereocenters. The lowest BCUT2D eigenvalue weighted by Gasteiger charge is -2.20. The molecule has 0 heterocycles. The number of benzene rings is 1. The monoisotopic (exact) mass is 289 g/mol. The second kappa shape index (κ2) is 6.48. The van der Waals surface area contributed by atoms with Crippen molar-refractivity contribution in [3.05, 3.63) is 35.1 Å². The Bertz CT molecular complexity index is 472. The predicted octanol–water partition coefficient (Wildman–Crippen LogP) is 4.48. The van der Waals surface area contributed by atoms with Gasteiger partial charge in [0.1, 0.15) is 5.82 Å². The molecule has 0 spiro atoms. The summed E-state index contributed by atoms with van der Waals surface area (Å²) < 4.78 is 13.3. The van der Waals surface area contributed by atoms with Gasteiger partial charge in [0.2, 0.25) is 0 Å². The van der Waals surface area contributed by atoms with Crippen LogP contribution in [0.25, 0.3) is 0 Å². The van der Waals surface area contributed by atoms with Gasteiger partial charge in [0, 0.05) is 6.04 Å². The molecule has 0 saturated heterocycles. The summed E-state index contributed by atoms with van der Waals surface area (Å²) in [7, 11) is 0. The van der Waals surface area contributed by atoms with Crippen molar-refractivity contribution in [2.24, 2.45) is 17.8 Å². The molecule has 0 radical (unpaired) electrons. The quantitative estimate of drug-likeness (QED) is 0.814. The van der Waals surface area contributed by atoms with Crippen LogP contribution in [0.2, 0.25) is 0 Å². The third kappa shape index (κ3) is 3.31. The van der Waals surface area contributed by atoms with E-state index in [1.807, 2.05) is 13.0 Å². The minimum absolute atomic E-state index is 0.116. The first-order valence-electron chi connectivity index (χ1n) is 8.69. The van der Waals surface area contributed by atoms with E-state index in [-0.39, 0.29) is 5.82 Å². The Morgan fingerprint density at radius 2 is 1.95 bits per heavy atom. The average Bonchev–Trinajstić information content (AvgIpc) is 3.20. The summed E-state index contributed by atoms with van der Waals surface area (Å²) in [5.74, 6) is 2.68. The van der Waals surface area contributed by atoms with Gasteiger partial charge in [-0.25, -0.2) is 4.39 Å². The number of hydrogen-bond donors (Lipinski definition) is 1. The summed E-state index contributed by atoms with van der Waals surface area (Å²) in [6, 6.07) is 5.85. The fourth-order valence-corrected chi connectivity index (χ4v) is 4.44. The largest absolute Gasteiger partial charge is 0.313 e. The van der Waals surface area contributed by atoms with E-state index in [9.17, 15) is 4.39 Å². The van der Waals surface area contributed by atoms with Crippen LogP contribution in [0.1, 0.15) is 50.2 Å². The Kier molecular flexibility index (Phi) is 4.63. The smallest absolute Gasteiger partial charge is 0.123 e. The van der Waals surface area contributed by atoms with Crippen molar-refractivity contribution in [3.8, 4) is 0 Å². The highest BCUT2D eigenvalue weighted by atomic mass is 19.1. The van der Waals surface area contributed by atoms with Gasteiger partial charge in [0.15, 0.2) is 0 Å². The number of fused-ring (bicyclic) bond motifs is 1. The summed E-state index contributed by atoms with van der Waals surface area (Å²) >= 11 is 0. The first-order valence-corrected chi connectivity index (χ1v) is 8.69. The van der Waals surface area contributed by atoms with E-state index in [1.165, 1.54) is 37.7 Å². The average molecular weight is 289 g/mol. The van der Waals surface area contributed by atoms with E-state index in [2.05, 4.69) is 12.2 Å². The van der Waals surface area contributed by atoms with Crippen molar-refractivity contribution in [2.75, 3.05) is 6.54 Å². The van der Waals surface area contributed by atoms with Gasteiger partial charge in [-0.1, -0.05) is 25.8 Å². The molecule has 2 saturated carbocycles. The van der Waals surface area contributed by atoms with Crippen molar-refractivity contribution in [3.63, 3.8) is 0 Å². The molecule has 3 rings (SSSR count). The molecular weight excluding hydrogens is 261 g/mol. The summed E-state index contributed by atoms with van der Waals surface area (Å²) in [6.45, 7) is 5.36. The SMILES string of the molecule is CCCNC(Cc1ccc(F)cc1C)C1C2CCCCC21. The Morgan fingerprint density at radius 3 is 2.57 bits per heavy atom. The van der Waals surface area contributed by atoms with Crippen LogP contribution in [0.3, 0.4) is 0 Å². The minimum Gasteiger partial charge on any atom is -0.313 e. The molecule has 3 unspecified atom stereocenters. The van der Waals surface area contributed by atoms with Crippen LogP contribution in [-0.4, -0.2) is 12.6 Å². The van der Waals surface area contributed by atoms with Gasteiger partial charge >= 0.3 is 0 Å². The lowest BCUT2D eigenvalue weighted by atomic mass is 9.96. The van der Waals surface area contributed by atoms with Crippen molar-refractivity contribution < 1.29 is 4.39 Å². The molecule has 0 aromatic heterocycles. The minimum atomic E-state index is -0.116. The number of halogens is 1. The molecule has 0 amide bonds. The van der Waals surface area contributed by atoms with Crippen LogP contribution < -0.4 is 5.32 Å². The van der Waals surface area contributed by atoms with Gasteiger partial charge in [-0.3, -0.25) is 0 Å². The van der Waals surface area contributed by atoms with Crippen LogP contribution in [0.15, 0.2) is 18.2 Å². The maximum absolute atomic E-state index is 13.3. The van der Waals surface area contributed by atoms with Crippen LogP contribution >= 0.6 is 0 Å². The highest BCUT2D eigenvalue weighted by Gasteiger charge is 2.53. The zero-order chi connectivity index (χ0) is 14.8. The molecule has 1 N–H and O–H groups in total. The zero-order valence-electron chi connectivity index (χ0n) is 13.4. The maximum Gasteiger partial charge on any atom is 0.123 e. The molecule has 1 aromatic carbocycles. The number of hydrogen-bond acceptors (Lipinski definition) is 1. The first-order chi connectivity index (χ1) is 10.2. The highest BCUT2D eigenvalue weighted by molar-refractivity contribution is 5.28. The predicted molar refractivity (Wildman–Crippen MR) is 85.9 cm³/mol. The number of rotatable bonds is 6. The first kappa shape index (κ1) is 15.0. The normalized spacial score (nSPS) is 29.0. The van der Waals surface area contributed by atoms with E-state index in [1.54, 1.807) is 12.1 Å². The molecule has 2 aliphatic rings. The Labute approximate surface area is 128 Å². The van der Waals surface area contributed by atoms with Crippen molar-refractivity contribution >= 4 is 0 Å². The van der Waals surface area contributed by atoms with E-state index >= 15 is 0 Å². The molecule has 2 aliphatic carbocycles. The molecule has 2 fully saturated rings. The lowest BCUT2D eigenvalue weighted by molar-refractivity contribution is 0.427. The molecule has 21 heavy (non-hydrogen) atoms. The van der Waals surface area contributed by atoms with Gasteiger partial charge in [0.05, 0.1) is 0 Å². The van der Waals surface area contributed by atoms with E-state index in [0.29, 0.717) is 6.04 Å². The Morgan fingerprint density at radius 1 is 1.24 bits per heavy atom. The summed E-state index contributed by atoms with van der Waals surface area (Å²) in [5.41, 5.74) is 2.41. The standard InChI is InChI=1S/C19H28FN/c1-3-10-21-18(19-16-6-4-5-7-17(16)19)12-14-8-9-15(20)11-13(14)2/h8-9,11,16-19,21H,3-7,10,12H2,1-2H3. The van der Waals surface area contributed by atoms with Gasteiger partial charge in [0.25, 0.3) is 0 Å². The van der Waals surface area contributed by atoms with Crippen LogP contribution in [-0.2, 0) is 6.42 Å². The zero-order valence-corrected chi connectivity index (χ0v) is 13.4. The highest BCUT2D eigenvalue weighted by Crippen LogP contribution is 2.57. The summed E-state index contributed by atoms with van der Waals surface area (Å²) in [6.07, 6.45) is 7.95. The van der Waals surface area contributed by atoms with Gasteiger partial charge < -0.3 is 5.32 Å². The van der Waals surface area contributed by atoms with E-state index in [4.69, 9.17) is 0 Å². The summed E-state index contributed by atoms with van der Waals surface area (Å²) in [5, 5.41) is 3.78. The molecule has 0 aliphatic heterocycles. The van der Waals surface area contributed by atoms with Crippen LogP contribution in [0.5, 0.6) is 0 Å². The van der Waals surface area contributed by atoms with E-state index in [0.717, 1.165) is 36.3 Å². The topological polar surface area (TPSA) is 12.0 Å². The molecule has 2 heteroatoms. The van der Waals surface area contributed by atoms with Crippen molar-refractivity contribution in [2.45, 2.75) is 58.4 Å². The van der Waals surface area contributed by atoms with Crippen molar-refractivity contribution in [1.29, 1.82) is 0 Å². The van der Waals surface area contributed by atoms with E-state index < -0.39 is 0 Å². The third-order valence-electron chi connectivity index (χ3n) is 5.59. The molecule has 1 aromatic rings. The van der Waals surface area contributed by atoms with Gasteiger partial charge in [-0.05, 0) is 80.2 Å². The van der Waals surface area contributed by atoms with Gasteiger partial charge in [-0.15, -0.1) is 0 Å². The van der Waals surface area contributed by atoms with Crippen molar-refractivity contribution in [1.82, 2.24) is 5.32 Å². The third-order valence-corrected chi connectivity index (χ3v) is 5.59. The maximum atomic E-state index is 13.3. The Hall–Kier alpha value is -0.890. The van der Waals surface area contributed by atoms with Gasteiger partial charge in [-0.2, -0.15) is 0 Å². The van der Waals surface area contributed by atoms with Crippen LogP contribution in [0.4, 0.5) is 4.39 Å². The molecule has 0 bridgehead atoms. The number of nitrogens with one attached hydrogen (secondary N) is 1. The fourth-order valence-electron chi connectivity index (χ4n) is 4.44. The molecule has 1 nitrogen and oxygen atoms in total. The second-order valence-corrected chi connectivity index (χ2v) is 7.03. The fraction of sp³-hybridized carbons (Fsp3) is 0.684. The molecule has 116 valence electrons. The van der Waals surface area contributed by atoms with Crippen LogP contribution in [0, 0.1) is 30.5 Å². The lowest BCUT2D eigenvalue weighted by Crippen LogP contribution is -2.35.